The molecule has 2 atom stereocenters. The Morgan fingerprint density at radius 1 is 1.44 bits per heavy atom. The van der Waals surface area contributed by atoms with Gasteiger partial charge in [-0.1, -0.05) is 41.0 Å². The van der Waals surface area contributed by atoms with Crippen LogP contribution in [0.5, 0.6) is 0 Å². The molecule has 0 saturated heterocycles. The van der Waals surface area contributed by atoms with E-state index in [0.29, 0.717) is 0 Å². The van der Waals surface area contributed by atoms with Gasteiger partial charge in [-0.25, -0.2) is 0 Å². The lowest BCUT2D eigenvalue weighted by Gasteiger charge is -2.22. The second kappa shape index (κ2) is 4.58. The highest BCUT2D eigenvalue weighted by atomic mass is 16.3. The van der Waals surface area contributed by atoms with Crippen LogP contribution in [0.2, 0.25) is 0 Å². The molecule has 1 N–H and O–H groups in total. The van der Waals surface area contributed by atoms with Crippen LogP contribution in [0.15, 0.2) is 6.20 Å². The molecule has 0 amide bonds. The number of aryl methyl sites for hydroxylation is 1. The van der Waals surface area contributed by atoms with E-state index in [0.717, 1.165) is 17.7 Å². The summed E-state index contributed by atoms with van der Waals surface area (Å²) in [7, 11) is 1.90. The number of nitrogens with zero attached hydrogens (tertiary/aromatic N) is 2. The van der Waals surface area contributed by atoms with E-state index in [9.17, 15) is 5.11 Å². The van der Waals surface area contributed by atoms with Gasteiger partial charge in [0.25, 0.3) is 0 Å². The van der Waals surface area contributed by atoms with Crippen molar-refractivity contribution >= 4 is 0 Å². The molecule has 0 bridgehead atoms. The van der Waals surface area contributed by atoms with Gasteiger partial charge in [0.05, 0.1) is 11.8 Å². The first-order valence-electron chi connectivity index (χ1n) is 5.99. The van der Waals surface area contributed by atoms with Gasteiger partial charge < -0.3 is 5.11 Å². The fraction of sp³-hybridized carbons (Fsp3) is 0.769. The Kier molecular flexibility index (Phi) is 3.79. The molecule has 3 heteroatoms. The van der Waals surface area contributed by atoms with Crippen molar-refractivity contribution in [2.75, 3.05) is 0 Å². The molecule has 1 aromatic rings. The van der Waals surface area contributed by atoms with E-state index in [1.165, 1.54) is 0 Å². The molecule has 0 aliphatic carbocycles. The minimum atomic E-state index is -0.409. The lowest BCUT2D eigenvalue weighted by Crippen LogP contribution is -2.18. The molecular weight excluding hydrogens is 200 g/mol. The number of aliphatic hydroxyl groups is 1. The van der Waals surface area contributed by atoms with Crippen molar-refractivity contribution in [3.05, 3.63) is 17.5 Å². The molecule has 92 valence electrons. The fourth-order valence-corrected chi connectivity index (χ4v) is 1.84. The van der Waals surface area contributed by atoms with Gasteiger partial charge in [0.1, 0.15) is 0 Å². The lowest BCUT2D eigenvalue weighted by molar-refractivity contribution is 0.113. The van der Waals surface area contributed by atoms with Crippen molar-refractivity contribution < 1.29 is 5.11 Å². The molecule has 3 nitrogen and oxygen atoms in total. The largest absolute Gasteiger partial charge is 0.388 e. The minimum Gasteiger partial charge on any atom is -0.388 e. The number of rotatable bonds is 3. The van der Waals surface area contributed by atoms with E-state index < -0.39 is 6.10 Å². The molecule has 1 heterocycles. The van der Waals surface area contributed by atoms with E-state index >= 15 is 0 Å². The maximum atomic E-state index is 10.3. The molecule has 0 saturated carbocycles. The molecule has 0 fully saturated rings. The summed E-state index contributed by atoms with van der Waals surface area (Å²) >= 11 is 0. The summed E-state index contributed by atoms with van der Waals surface area (Å²) < 4.78 is 1.79. The third-order valence-electron chi connectivity index (χ3n) is 3.07. The first-order chi connectivity index (χ1) is 7.27. The van der Waals surface area contributed by atoms with E-state index in [-0.39, 0.29) is 11.3 Å². The van der Waals surface area contributed by atoms with Crippen LogP contribution in [0.1, 0.15) is 58.4 Å². The monoisotopic (exact) mass is 224 g/mol. The zero-order valence-corrected chi connectivity index (χ0v) is 11.3. The Balaban J connectivity index is 3.13. The summed E-state index contributed by atoms with van der Waals surface area (Å²) in [5, 5.41) is 14.8. The minimum absolute atomic E-state index is 0.0228. The molecule has 1 rings (SSSR count). The Bertz CT molecular complexity index is 349. The third kappa shape index (κ3) is 2.64. The number of aromatic nitrogens is 2. The maximum Gasteiger partial charge on any atom is 0.0848 e. The summed E-state index contributed by atoms with van der Waals surface area (Å²) in [6.45, 7) is 10.6. The Hall–Kier alpha value is -0.830. The van der Waals surface area contributed by atoms with Gasteiger partial charge in [0.2, 0.25) is 0 Å². The first kappa shape index (κ1) is 13.2. The smallest absolute Gasteiger partial charge is 0.0848 e. The van der Waals surface area contributed by atoms with Crippen molar-refractivity contribution in [1.29, 1.82) is 0 Å². The quantitative estimate of drug-likeness (QED) is 0.857. The molecule has 2 unspecified atom stereocenters. The average molecular weight is 224 g/mol. The standard InChI is InChI=1S/C13H24N2O/c1-7-9(2)11(16)10-8-15(6)14-12(10)13(3,4)5/h8-9,11,16H,7H2,1-6H3. The van der Waals surface area contributed by atoms with Crippen LogP contribution in [0.25, 0.3) is 0 Å². The third-order valence-corrected chi connectivity index (χ3v) is 3.07. The van der Waals surface area contributed by atoms with E-state index in [1.807, 2.05) is 13.2 Å². The Morgan fingerprint density at radius 2 is 2.00 bits per heavy atom. The highest BCUT2D eigenvalue weighted by Gasteiger charge is 2.27. The molecule has 0 aromatic carbocycles. The Labute approximate surface area is 98.5 Å². The normalized spacial score (nSPS) is 16.2. The summed E-state index contributed by atoms with van der Waals surface area (Å²) in [6, 6.07) is 0. The molecule has 1 aromatic heterocycles. The fourth-order valence-electron chi connectivity index (χ4n) is 1.84. The van der Waals surface area contributed by atoms with Crippen molar-refractivity contribution in [1.82, 2.24) is 9.78 Å². The second-order valence-corrected chi connectivity index (χ2v) is 5.69. The predicted octanol–water partition coefficient (Wildman–Crippen LogP) is 2.80. The molecule has 0 aliphatic rings. The van der Waals surface area contributed by atoms with Gasteiger partial charge in [-0.15, -0.1) is 0 Å². The molecule has 0 aliphatic heterocycles. The van der Waals surface area contributed by atoms with Crippen LogP contribution in [0.3, 0.4) is 0 Å². The van der Waals surface area contributed by atoms with Crippen LogP contribution < -0.4 is 0 Å². The molecular formula is C13H24N2O. The maximum absolute atomic E-state index is 10.3. The molecule has 16 heavy (non-hydrogen) atoms. The highest BCUT2D eigenvalue weighted by Crippen LogP contribution is 2.32. The van der Waals surface area contributed by atoms with Crippen molar-refractivity contribution in [2.24, 2.45) is 13.0 Å². The topological polar surface area (TPSA) is 38.0 Å². The van der Waals surface area contributed by atoms with Crippen LogP contribution >= 0.6 is 0 Å². The average Bonchev–Trinajstić information content (AvgIpc) is 2.57. The van der Waals surface area contributed by atoms with Gasteiger partial charge in [-0.05, 0) is 5.92 Å². The summed E-state index contributed by atoms with van der Waals surface area (Å²) in [4.78, 5) is 0. The number of aliphatic hydroxyl groups excluding tert-OH is 1. The summed E-state index contributed by atoms with van der Waals surface area (Å²) in [5.74, 6) is 0.269. The van der Waals surface area contributed by atoms with Gasteiger partial charge in [-0.3, -0.25) is 4.68 Å². The lowest BCUT2D eigenvalue weighted by atomic mass is 9.85. The van der Waals surface area contributed by atoms with Gasteiger partial charge >= 0.3 is 0 Å². The van der Waals surface area contributed by atoms with Crippen LogP contribution in [0.4, 0.5) is 0 Å². The van der Waals surface area contributed by atoms with Gasteiger partial charge in [0, 0.05) is 24.2 Å². The van der Waals surface area contributed by atoms with E-state index in [2.05, 4.69) is 39.7 Å². The first-order valence-corrected chi connectivity index (χ1v) is 5.99. The van der Waals surface area contributed by atoms with Gasteiger partial charge in [0.15, 0.2) is 0 Å². The van der Waals surface area contributed by atoms with Crippen LogP contribution in [-0.2, 0) is 12.5 Å². The van der Waals surface area contributed by atoms with Crippen molar-refractivity contribution in [3.8, 4) is 0 Å². The SMILES string of the molecule is CCC(C)C(O)c1cn(C)nc1C(C)(C)C. The Morgan fingerprint density at radius 3 is 2.44 bits per heavy atom. The van der Waals surface area contributed by atoms with Crippen LogP contribution in [-0.4, -0.2) is 14.9 Å². The molecule has 0 radical (unpaired) electrons. The highest BCUT2D eigenvalue weighted by molar-refractivity contribution is 5.26. The van der Waals surface area contributed by atoms with E-state index in [4.69, 9.17) is 0 Å². The zero-order valence-electron chi connectivity index (χ0n) is 11.3. The number of hydrogen-bond donors (Lipinski definition) is 1. The van der Waals surface area contributed by atoms with Gasteiger partial charge in [-0.2, -0.15) is 5.10 Å². The second-order valence-electron chi connectivity index (χ2n) is 5.69. The van der Waals surface area contributed by atoms with E-state index in [1.54, 1.807) is 4.68 Å². The zero-order chi connectivity index (χ0) is 12.5. The molecule has 0 spiro atoms. The number of hydrogen-bond acceptors (Lipinski definition) is 2. The van der Waals surface area contributed by atoms with Crippen molar-refractivity contribution in [3.63, 3.8) is 0 Å². The summed E-state index contributed by atoms with van der Waals surface area (Å²) in [5.41, 5.74) is 1.96. The predicted molar refractivity (Wildman–Crippen MR) is 66.3 cm³/mol. The van der Waals surface area contributed by atoms with Crippen LogP contribution in [0, 0.1) is 5.92 Å². The summed E-state index contributed by atoms with van der Waals surface area (Å²) in [6.07, 6.45) is 2.50. The van der Waals surface area contributed by atoms with Crippen molar-refractivity contribution in [2.45, 2.75) is 52.6 Å².